The van der Waals surface area contributed by atoms with Crippen molar-refractivity contribution in [3.8, 4) is 0 Å². The number of carbonyl (C=O) groups is 1. The third kappa shape index (κ3) is 1.86. The van der Waals surface area contributed by atoms with Gasteiger partial charge in [0.1, 0.15) is 5.65 Å². The number of carboxylic acids is 1. The van der Waals surface area contributed by atoms with Crippen molar-refractivity contribution >= 4 is 11.6 Å². The van der Waals surface area contributed by atoms with E-state index in [4.69, 9.17) is 5.11 Å². The van der Waals surface area contributed by atoms with Crippen molar-refractivity contribution in [1.82, 2.24) is 14.6 Å². The number of fused-ring (bicyclic) bond motifs is 1. The third-order valence-electron chi connectivity index (χ3n) is 1.97. The van der Waals surface area contributed by atoms with Gasteiger partial charge in [0.05, 0.1) is 0 Å². The molecule has 17 heavy (non-hydrogen) atoms. The SMILES string of the molecule is O=C(O)c1cc2[nH]c(=O)cc(C(F)(F)F)n2n1. The first kappa shape index (κ1) is 11.2. The van der Waals surface area contributed by atoms with Crippen LogP contribution in [0.1, 0.15) is 16.2 Å². The highest BCUT2D eigenvalue weighted by molar-refractivity contribution is 5.86. The first-order valence-corrected chi connectivity index (χ1v) is 4.22. The molecule has 0 aromatic carbocycles. The number of hydrogen-bond donors (Lipinski definition) is 2. The monoisotopic (exact) mass is 247 g/mol. The number of aromatic carboxylic acids is 1. The van der Waals surface area contributed by atoms with Crippen LogP contribution in [0.15, 0.2) is 16.9 Å². The lowest BCUT2D eigenvalue weighted by molar-refractivity contribution is -0.142. The van der Waals surface area contributed by atoms with Gasteiger partial charge in [-0.15, -0.1) is 0 Å². The fourth-order valence-corrected chi connectivity index (χ4v) is 1.31. The molecule has 0 radical (unpaired) electrons. The predicted molar refractivity (Wildman–Crippen MR) is 47.8 cm³/mol. The summed E-state index contributed by atoms with van der Waals surface area (Å²) in [6, 6.07) is 1.16. The van der Waals surface area contributed by atoms with Crippen LogP contribution < -0.4 is 5.56 Å². The Hall–Kier alpha value is -2.32. The topological polar surface area (TPSA) is 87.5 Å². The first-order valence-electron chi connectivity index (χ1n) is 4.22. The van der Waals surface area contributed by atoms with E-state index in [9.17, 15) is 22.8 Å². The number of halogens is 3. The molecule has 0 aliphatic heterocycles. The molecular formula is C8H4F3N3O3. The van der Waals surface area contributed by atoms with Crippen LogP contribution >= 0.6 is 0 Å². The van der Waals surface area contributed by atoms with Gasteiger partial charge in [-0.3, -0.25) is 4.79 Å². The summed E-state index contributed by atoms with van der Waals surface area (Å²) >= 11 is 0. The molecule has 2 N–H and O–H groups in total. The highest BCUT2D eigenvalue weighted by Crippen LogP contribution is 2.28. The van der Waals surface area contributed by atoms with Crippen LogP contribution in [0, 0.1) is 0 Å². The summed E-state index contributed by atoms with van der Waals surface area (Å²) in [6.45, 7) is 0. The maximum atomic E-state index is 12.5. The van der Waals surface area contributed by atoms with E-state index in [-0.39, 0.29) is 5.65 Å². The van der Waals surface area contributed by atoms with Crippen molar-refractivity contribution in [2.75, 3.05) is 0 Å². The molecule has 0 saturated heterocycles. The molecule has 0 spiro atoms. The Balaban J connectivity index is 2.84. The summed E-state index contributed by atoms with van der Waals surface area (Å²) in [4.78, 5) is 23.6. The molecule has 2 aromatic heterocycles. The Morgan fingerprint density at radius 2 is 2.06 bits per heavy atom. The molecule has 0 aliphatic carbocycles. The van der Waals surface area contributed by atoms with Gasteiger partial charge in [-0.1, -0.05) is 0 Å². The summed E-state index contributed by atoms with van der Waals surface area (Å²) in [6.07, 6.45) is -4.80. The second-order valence-corrected chi connectivity index (χ2v) is 3.15. The van der Waals surface area contributed by atoms with Crippen molar-refractivity contribution in [1.29, 1.82) is 0 Å². The number of hydrogen-bond acceptors (Lipinski definition) is 3. The maximum absolute atomic E-state index is 12.5. The third-order valence-corrected chi connectivity index (χ3v) is 1.97. The fraction of sp³-hybridized carbons (Fsp3) is 0.125. The summed E-state index contributed by atoms with van der Waals surface area (Å²) in [7, 11) is 0. The van der Waals surface area contributed by atoms with Crippen LogP contribution in [0.25, 0.3) is 5.65 Å². The van der Waals surface area contributed by atoms with Crippen LogP contribution in [-0.2, 0) is 6.18 Å². The van der Waals surface area contributed by atoms with E-state index in [1.54, 1.807) is 0 Å². The van der Waals surface area contributed by atoms with E-state index in [0.29, 0.717) is 10.6 Å². The fourth-order valence-electron chi connectivity index (χ4n) is 1.31. The van der Waals surface area contributed by atoms with Gasteiger partial charge in [0.25, 0.3) is 5.56 Å². The number of aromatic amines is 1. The number of carboxylic acid groups (broad SMARTS) is 1. The smallest absolute Gasteiger partial charge is 0.433 e. The minimum atomic E-state index is -4.80. The van der Waals surface area contributed by atoms with Gasteiger partial charge in [-0.2, -0.15) is 18.3 Å². The van der Waals surface area contributed by atoms with Gasteiger partial charge < -0.3 is 10.1 Å². The average Bonchev–Trinajstić information content (AvgIpc) is 2.58. The Morgan fingerprint density at radius 1 is 1.41 bits per heavy atom. The lowest BCUT2D eigenvalue weighted by Crippen LogP contribution is -2.19. The normalized spacial score (nSPS) is 11.9. The van der Waals surface area contributed by atoms with Gasteiger partial charge in [0.2, 0.25) is 0 Å². The maximum Gasteiger partial charge on any atom is 0.433 e. The highest BCUT2D eigenvalue weighted by Gasteiger charge is 2.35. The number of H-pyrrole nitrogens is 1. The van der Waals surface area contributed by atoms with E-state index < -0.39 is 29.1 Å². The Kier molecular flexibility index (Phi) is 2.19. The Labute approximate surface area is 90.3 Å². The molecule has 90 valence electrons. The molecule has 0 atom stereocenters. The molecule has 6 nitrogen and oxygen atoms in total. The zero-order valence-corrected chi connectivity index (χ0v) is 7.95. The van der Waals surface area contributed by atoms with Crippen molar-refractivity contribution < 1.29 is 23.1 Å². The van der Waals surface area contributed by atoms with Gasteiger partial charge in [0.15, 0.2) is 11.4 Å². The number of alkyl halides is 3. The predicted octanol–water partition coefficient (Wildman–Crippen LogP) is 0.740. The average molecular weight is 247 g/mol. The molecule has 0 fully saturated rings. The zero-order chi connectivity index (χ0) is 12.8. The molecule has 0 bridgehead atoms. The van der Waals surface area contributed by atoms with E-state index in [2.05, 4.69) is 10.1 Å². The lowest BCUT2D eigenvalue weighted by atomic mass is 10.4. The number of nitrogens with one attached hydrogen (secondary N) is 1. The van der Waals surface area contributed by atoms with Gasteiger partial charge >= 0.3 is 12.1 Å². The summed E-state index contributed by atoms with van der Waals surface area (Å²) in [5, 5.41) is 11.8. The van der Waals surface area contributed by atoms with Crippen LogP contribution in [0.3, 0.4) is 0 Å². The first-order chi connectivity index (χ1) is 7.79. The van der Waals surface area contributed by atoms with E-state index in [0.717, 1.165) is 6.07 Å². The second-order valence-electron chi connectivity index (χ2n) is 3.15. The van der Waals surface area contributed by atoms with Crippen molar-refractivity contribution in [2.24, 2.45) is 0 Å². The van der Waals surface area contributed by atoms with Gasteiger partial charge in [-0.05, 0) is 0 Å². The van der Waals surface area contributed by atoms with Crippen LogP contribution in [0.5, 0.6) is 0 Å². The van der Waals surface area contributed by atoms with Crippen LogP contribution in [0.2, 0.25) is 0 Å². The lowest BCUT2D eigenvalue weighted by Gasteiger charge is -2.07. The number of aromatic nitrogens is 3. The Bertz CT molecular complexity index is 655. The minimum Gasteiger partial charge on any atom is -0.476 e. The Morgan fingerprint density at radius 3 is 2.59 bits per heavy atom. The number of rotatable bonds is 1. The molecule has 2 aromatic rings. The largest absolute Gasteiger partial charge is 0.476 e. The van der Waals surface area contributed by atoms with Crippen molar-refractivity contribution in [2.45, 2.75) is 6.18 Å². The van der Waals surface area contributed by atoms with Gasteiger partial charge in [-0.25, -0.2) is 9.31 Å². The van der Waals surface area contributed by atoms with E-state index in [1.807, 2.05) is 0 Å². The summed E-state index contributed by atoms with van der Waals surface area (Å²) in [5.41, 5.74) is -3.23. The van der Waals surface area contributed by atoms with E-state index >= 15 is 0 Å². The second kappa shape index (κ2) is 3.34. The molecule has 0 saturated carbocycles. The van der Waals surface area contributed by atoms with Crippen LogP contribution in [0.4, 0.5) is 13.2 Å². The molecule has 0 aliphatic rings. The van der Waals surface area contributed by atoms with E-state index in [1.165, 1.54) is 0 Å². The quantitative estimate of drug-likeness (QED) is 0.777. The molecule has 0 unspecified atom stereocenters. The summed E-state index contributed by atoms with van der Waals surface area (Å²) in [5.74, 6) is -1.48. The highest BCUT2D eigenvalue weighted by atomic mass is 19.4. The van der Waals surface area contributed by atoms with Crippen LogP contribution in [-0.4, -0.2) is 25.7 Å². The molecule has 0 amide bonds. The number of nitrogens with zero attached hydrogens (tertiary/aromatic N) is 2. The summed E-state index contributed by atoms with van der Waals surface area (Å²) < 4.78 is 38.0. The molecule has 9 heteroatoms. The zero-order valence-electron chi connectivity index (χ0n) is 7.95. The minimum absolute atomic E-state index is 0.311. The standard InChI is InChI=1S/C8H4F3N3O3/c9-8(10,11)4-2-6(15)12-5-1-3(7(16)17)13-14(4)5/h1-2H,(H,12,15)(H,16,17). The molecular weight excluding hydrogens is 243 g/mol. The van der Waals surface area contributed by atoms with Gasteiger partial charge in [0, 0.05) is 12.1 Å². The molecule has 2 heterocycles. The molecule has 2 rings (SSSR count). The van der Waals surface area contributed by atoms with Crippen molar-refractivity contribution in [3.05, 3.63) is 33.9 Å². The van der Waals surface area contributed by atoms with Crippen molar-refractivity contribution in [3.63, 3.8) is 0 Å².